The minimum Gasteiger partial charge on any atom is -0.710 e. The van der Waals surface area contributed by atoms with Gasteiger partial charge in [0.25, 0.3) is 0 Å². The van der Waals surface area contributed by atoms with E-state index in [2.05, 4.69) is 11.6 Å². The molecule has 1 saturated heterocycles. The molecule has 3 heterocycles. The average Bonchev–Trinajstić information content (AvgIpc) is 2.97. The van der Waals surface area contributed by atoms with Crippen LogP contribution in [0.5, 0.6) is 0 Å². The Morgan fingerprint density at radius 2 is 1.61 bits per heavy atom. The van der Waals surface area contributed by atoms with Crippen molar-refractivity contribution in [1.29, 1.82) is 0 Å². The molecular weight excluding hydrogens is 571 g/mol. The number of piperazine rings is 1. The van der Waals surface area contributed by atoms with E-state index in [1.807, 2.05) is 52.8 Å². The van der Waals surface area contributed by atoms with E-state index in [0.717, 1.165) is 40.0 Å². The van der Waals surface area contributed by atoms with Crippen LogP contribution in [0, 0.1) is 22.7 Å². The molecule has 0 aliphatic carbocycles. The molecule has 0 saturated carbocycles. The van der Waals surface area contributed by atoms with Crippen molar-refractivity contribution in [3.8, 4) is 16.9 Å². The minimum absolute atomic E-state index is 0.0128. The Balaban J connectivity index is 1.91. The van der Waals surface area contributed by atoms with Gasteiger partial charge in [0.05, 0.1) is 5.56 Å². The number of carbonyl (C=O) groups excluding carboxylic acids is 1. The molecular formula is C33H34F3N5O3. The molecule has 2 aromatic carbocycles. The molecule has 0 spiro atoms. The maximum atomic E-state index is 16.0. The molecule has 5 rings (SSSR count). The van der Waals surface area contributed by atoms with Crippen LogP contribution in [0.2, 0.25) is 0 Å². The molecule has 1 amide bonds. The molecule has 44 heavy (non-hydrogen) atoms. The quantitative estimate of drug-likeness (QED) is 0.163. The van der Waals surface area contributed by atoms with Crippen molar-refractivity contribution in [2.75, 3.05) is 24.5 Å². The Labute approximate surface area is 253 Å². The van der Waals surface area contributed by atoms with Crippen molar-refractivity contribution in [3.05, 3.63) is 99.4 Å². The molecule has 4 aromatic rings. The van der Waals surface area contributed by atoms with E-state index < -0.39 is 34.4 Å². The van der Waals surface area contributed by atoms with Crippen LogP contribution >= 0.6 is 0 Å². The fourth-order valence-corrected chi connectivity index (χ4v) is 5.98. The lowest BCUT2D eigenvalue weighted by Crippen LogP contribution is -2.54. The second-order valence-electron chi connectivity index (χ2n) is 11.6. The normalized spacial score (nSPS) is 15.5. The van der Waals surface area contributed by atoms with Gasteiger partial charge in [-0.3, -0.25) is 4.79 Å². The van der Waals surface area contributed by atoms with Crippen LogP contribution in [-0.4, -0.2) is 46.0 Å². The molecule has 2 aromatic heterocycles. The first-order valence-electron chi connectivity index (χ1n) is 14.5. The van der Waals surface area contributed by atoms with E-state index in [9.17, 15) is 14.8 Å². The zero-order chi connectivity index (χ0) is 32.0. The van der Waals surface area contributed by atoms with Gasteiger partial charge in [0.1, 0.15) is 22.7 Å². The number of anilines is 1. The molecule has 1 aliphatic heterocycles. The number of benzene rings is 2. The van der Waals surface area contributed by atoms with Gasteiger partial charge >= 0.3 is 11.3 Å². The molecule has 0 bridgehead atoms. The van der Waals surface area contributed by atoms with Crippen LogP contribution in [0.1, 0.15) is 57.6 Å². The van der Waals surface area contributed by atoms with Crippen molar-refractivity contribution < 1.29 is 22.7 Å². The predicted molar refractivity (Wildman–Crippen MR) is 163 cm³/mol. The highest BCUT2D eigenvalue weighted by molar-refractivity contribution is 5.89. The van der Waals surface area contributed by atoms with Gasteiger partial charge < -0.3 is 15.0 Å². The Morgan fingerprint density at radius 1 is 1.02 bits per heavy atom. The highest BCUT2D eigenvalue weighted by atomic mass is 19.1. The summed E-state index contributed by atoms with van der Waals surface area (Å²) in [5.74, 6) is -3.84. The van der Waals surface area contributed by atoms with Crippen LogP contribution in [-0.2, 0) is 4.79 Å². The molecule has 230 valence electrons. The summed E-state index contributed by atoms with van der Waals surface area (Å²) in [7, 11) is 0. The largest absolute Gasteiger partial charge is 0.710 e. The Morgan fingerprint density at radius 3 is 2.16 bits per heavy atom. The zero-order valence-corrected chi connectivity index (χ0v) is 25.3. The summed E-state index contributed by atoms with van der Waals surface area (Å²) in [6.45, 7) is 13.9. The van der Waals surface area contributed by atoms with Gasteiger partial charge in [0.2, 0.25) is 5.91 Å². The SMILES string of the molecule is C=CC(=O)N1CCN(c2nc(=O)n(-c3c(C(C)C)cccc3C(C)C)c3c2cc(F)c(-c2c(F)cccc2F)[n+]3[O-])[C@@H](C)C1. The van der Waals surface area contributed by atoms with Crippen LogP contribution < -0.4 is 15.3 Å². The minimum atomic E-state index is -1.18. The Bertz CT molecular complexity index is 1810. The van der Waals surface area contributed by atoms with Crippen molar-refractivity contribution in [2.24, 2.45) is 0 Å². The molecule has 0 N–H and O–H groups in total. The number of amides is 1. The number of hydrogen-bond donors (Lipinski definition) is 0. The van der Waals surface area contributed by atoms with E-state index in [1.54, 1.807) is 9.80 Å². The Kier molecular flexibility index (Phi) is 8.24. The van der Waals surface area contributed by atoms with Crippen molar-refractivity contribution in [3.63, 3.8) is 0 Å². The standard InChI is InChI=1S/C33H34F3N5O3/c1-7-27(42)38-14-15-39(20(6)17-38)31-23-16-26(36)30(28-24(34)12-9-13-25(28)35)41(44)32(23)40(33(43)37-31)29-21(18(2)3)10-8-11-22(29)19(4)5/h7-13,16,18-20H,1,14-15,17H2,2-6H3/t20-/m0/s1. The number of hydrogen-bond acceptors (Lipinski definition) is 5. The van der Waals surface area contributed by atoms with Gasteiger partial charge in [-0.15, -0.1) is 4.57 Å². The number of aromatic nitrogens is 3. The number of rotatable bonds is 6. The van der Waals surface area contributed by atoms with Gasteiger partial charge in [0, 0.05) is 36.8 Å². The van der Waals surface area contributed by atoms with Crippen molar-refractivity contribution in [1.82, 2.24) is 14.5 Å². The molecule has 8 nitrogen and oxygen atoms in total. The number of pyridine rings is 1. The summed E-state index contributed by atoms with van der Waals surface area (Å²) in [5.41, 5.74) is -0.964. The third-order valence-corrected chi connectivity index (χ3v) is 8.13. The topological polar surface area (TPSA) is 85.4 Å². The second kappa shape index (κ2) is 11.8. The van der Waals surface area contributed by atoms with E-state index >= 15 is 13.2 Å². The monoisotopic (exact) mass is 605 g/mol. The second-order valence-corrected chi connectivity index (χ2v) is 11.6. The maximum absolute atomic E-state index is 16.0. The first kappa shape index (κ1) is 30.8. The van der Waals surface area contributed by atoms with Crippen molar-refractivity contribution in [2.45, 2.75) is 52.5 Å². The van der Waals surface area contributed by atoms with Gasteiger partial charge in [-0.25, -0.2) is 22.7 Å². The summed E-state index contributed by atoms with van der Waals surface area (Å²) >= 11 is 0. The van der Waals surface area contributed by atoms with Gasteiger partial charge in [-0.2, -0.15) is 4.98 Å². The van der Waals surface area contributed by atoms with Crippen LogP contribution in [0.4, 0.5) is 19.0 Å². The third-order valence-electron chi connectivity index (χ3n) is 8.13. The first-order valence-corrected chi connectivity index (χ1v) is 14.5. The van der Waals surface area contributed by atoms with Gasteiger partial charge in [-0.1, -0.05) is 58.5 Å². The van der Waals surface area contributed by atoms with E-state index in [0.29, 0.717) is 5.69 Å². The van der Waals surface area contributed by atoms with Gasteiger partial charge in [0.15, 0.2) is 17.3 Å². The van der Waals surface area contributed by atoms with Crippen LogP contribution in [0.25, 0.3) is 28.0 Å². The highest BCUT2D eigenvalue weighted by Gasteiger charge is 2.35. The fraction of sp³-hybridized carbons (Fsp3) is 0.333. The zero-order valence-electron chi connectivity index (χ0n) is 25.3. The number of nitrogens with zero attached hydrogens (tertiary/aromatic N) is 5. The average molecular weight is 606 g/mol. The fourth-order valence-electron chi connectivity index (χ4n) is 5.98. The summed E-state index contributed by atoms with van der Waals surface area (Å²) in [6, 6.07) is 9.15. The number of fused-ring (bicyclic) bond motifs is 1. The molecule has 1 fully saturated rings. The number of para-hydroxylation sites is 1. The maximum Gasteiger partial charge on any atom is 0.442 e. The third kappa shape index (κ3) is 5.10. The van der Waals surface area contributed by atoms with Gasteiger partial charge in [-0.05, 0) is 43.0 Å². The lowest BCUT2D eigenvalue weighted by atomic mass is 9.92. The summed E-state index contributed by atoms with van der Waals surface area (Å²) in [6.07, 6.45) is 1.22. The summed E-state index contributed by atoms with van der Waals surface area (Å²) in [5, 5.41) is 14.3. The summed E-state index contributed by atoms with van der Waals surface area (Å²) < 4.78 is 47.2. The molecule has 0 unspecified atom stereocenters. The number of halogens is 3. The lowest BCUT2D eigenvalue weighted by molar-refractivity contribution is -0.569. The van der Waals surface area contributed by atoms with E-state index in [4.69, 9.17) is 0 Å². The first-order chi connectivity index (χ1) is 20.9. The lowest BCUT2D eigenvalue weighted by Gasteiger charge is -2.40. The van der Waals surface area contributed by atoms with E-state index in [-0.39, 0.29) is 65.0 Å². The molecule has 1 aliphatic rings. The number of carbonyl (C=O) groups is 1. The predicted octanol–water partition coefficient (Wildman–Crippen LogP) is 5.57. The van der Waals surface area contributed by atoms with E-state index in [1.165, 1.54) is 6.08 Å². The smallest absolute Gasteiger partial charge is 0.442 e. The summed E-state index contributed by atoms with van der Waals surface area (Å²) in [4.78, 5) is 34.2. The Hall–Kier alpha value is -4.67. The van der Waals surface area contributed by atoms with Crippen molar-refractivity contribution >= 4 is 22.8 Å². The highest BCUT2D eigenvalue weighted by Crippen LogP contribution is 2.35. The molecule has 11 heteroatoms. The van der Waals surface area contributed by atoms with Crippen LogP contribution in [0.15, 0.2) is 59.9 Å². The molecule has 0 radical (unpaired) electrons. The van der Waals surface area contributed by atoms with Crippen LogP contribution in [0.3, 0.4) is 0 Å². The molecule has 1 atom stereocenters.